The highest BCUT2D eigenvalue weighted by molar-refractivity contribution is 4.80. The molecule has 0 aromatic rings. The molecule has 0 heterocycles. The minimum Gasteiger partial charge on any atom is -0.394 e. The third kappa shape index (κ3) is 9.12. The molecule has 12 heteroatoms. The van der Waals surface area contributed by atoms with Crippen molar-refractivity contribution in [3.63, 3.8) is 0 Å². The molecule has 0 spiro atoms. The van der Waals surface area contributed by atoms with Crippen LogP contribution in [-0.4, -0.2) is 137 Å². The van der Waals surface area contributed by atoms with Gasteiger partial charge in [0.05, 0.1) is 26.4 Å². The van der Waals surface area contributed by atoms with E-state index in [0.29, 0.717) is 0 Å². The maximum Gasteiger partial charge on any atom is 0.111 e. The summed E-state index contributed by atoms with van der Waals surface area (Å²) in [7, 11) is 0. The van der Waals surface area contributed by atoms with E-state index in [9.17, 15) is 0 Å². The van der Waals surface area contributed by atoms with Crippen LogP contribution in [0.25, 0.3) is 0 Å². The van der Waals surface area contributed by atoms with Gasteiger partial charge in [-0.3, -0.25) is 0 Å². The van der Waals surface area contributed by atoms with Crippen LogP contribution in [0, 0.1) is 0 Å². The summed E-state index contributed by atoms with van der Waals surface area (Å²) in [5.74, 6) is 0. The molecule has 0 fully saturated rings. The second-order valence-corrected chi connectivity index (χ2v) is 4.96. The lowest BCUT2D eigenvalue weighted by Crippen LogP contribution is -2.46. The van der Waals surface area contributed by atoms with E-state index < -0.39 is 75.3 Å². The first kappa shape index (κ1) is 25.8. The van der Waals surface area contributed by atoms with E-state index in [0.717, 1.165) is 0 Å². The Morgan fingerprint density at radius 2 is 0.458 bits per heavy atom. The lowest BCUT2D eigenvalue weighted by Gasteiger charge is -2.24. The summed E-state index contributed by atoms with van der Waals surface area (Å²) in [6, 6.07) is 0. The summed E-state index contributed by atoms with van der Waals surface area (Å²) >= 11 is 0. The summed E-state index contributed by atoms with van der Waals surface area (Å²) in [6.45, 7) is -2.90. The Bertz CT molecular complexity index is 237. The Balaban J connectivity index is 0. The molecule has 0 bridgehead atoms. The van der Waals surface area contributed by atoms with Gasteiger partial charge in [-0.1, -0.05) is 0 Å². The number of hydrogen-bond acceptors (Lipinski definition) is 12. The molecule has 0 saturated carbocycles. The van der Waals surface area contributed by atoms with Gasteiger partial charge in [-0.15, -0.1) is 0 Å². The summed E-state index contributed by atoms with van der Waals surface area (Å²) < 4.78 is 0. The molecule has 12 N–H and O–H groups in total. The SMILES string of the molecule is OC[C@@H](O)[C@H](O)[C@H](O)[C@@H](O)CO.OC[C@@H](O)[C@H](O)[C@H](O)[C@@H](O)CO. The lowest BCUT2D eigenvalue weighted by atomic mass is 10.0. The highest BCUT2D eigenvalue weighted by atomic mass is 16.4. The topological polar surface area (TPSA) is 243 Å². The van der Waals surface area contributed by atoms with E-state index in [1.54, 1.807) is 0 Å². The van der Waals surface area contributed by atoms with Crippen molar-refractivity contribution in [2.75, 3.05) is 26.4 Å². The first-order valence-electron chi connectivity index (χ1n) is 6.96. The van der Waals surface area contributed by atoms with Crippen LogP contribution in [0.1, 0.15) is 0 Å². The average molecular weight is 364 g/mol. The molecule has 12 nitrogen and oxygen atoms in total. The Morgan fingerprint density at radius 3 is 0.542 bits per heavy atom. The first-order valence-corrected chi connectivity index (χ1v) is 6.96. The van der Waals surface area contributed by atoms with Crippen LogP contribution in [0.2, 0.25) is 0 Å². The molecular formula is C12H28O12. The number of aliphatic hydroxyl groups excluding tert-OH is 12. The summed E-state index contributed by atoms with van der Waals surface area (Å²) in [6.07, 6.45) is -12.8. The van der Waals surface area contributed by atoms with Crippen molar-refractivity contribution in [1.82, 2.24) is 0 Å². The Morgan fingerprint density at radius 1 is 0.333 bits per heavy atom. The zero-order valence-corrected chi connectivity index (χ0v) is 12.8. The molecule has 8 atom stereocenters. The van der Waals surface area contributed by atoms with Crippen molar-refractivity contribution in [2.45, 2.75) is 48.8 Å². The van der Waals surface area contributed by atoms with E-state index in [4.69, 9.17) is 61.3 Å². The molecule has 0 aliphatic heterocycles. The van der Waals surface area contributed by atoms with E-state index in [1.807, 2.05) is 0 Å². The quantitative estimate of drug-likeness (QED) is 0.173. The van der Waals surface area contributed by atoms with Crippen LogP contribution >= 0.6 is 0 Å². The molecule has 0 unspecified atom stereocenters. The molecule has 0 amide bonds. The van der Waals surface area contributed by atoms with Gasteiger partial charge in [0.25, 0.3) is 0 Å². The molecule has 0 saturated heterocycles. The second-order valence-electron chi connectivity index (χ2n) is 4.96. The standard InChI is InChI=1S/2C6H14O6/c2*7-1-3(9)5(11)6(12)4(10)2-8/h2*3-12H,1-2H2/t2*3-,4+,5+,6-. The van der Waals surface area contributed by atoms with Gasteiger partial charge in [-0.25, -0.2) is 0 Å². The molecule has 0 aliphatic rings. The molecule has 0 rings (SSSR count). The molecule has 24 heavy (non-hydrogen) atoms. The van der Waals surface area contributed by atoms with Crippen molar-refractivity contribution in [2.24, 2.45) is 0 Å². The maximum atomic E-state index is 8.96. The summed E-state index contributed by atoms with van der Waals surface area (Å²) in [5.41, 5.74) is 0. The van der Waals surface area contributed by atoms with Crippen molar-refractivity contribution in [1.29, 1.82) is 0 Å². The Hall–Kier alpha value is -0.480. The predicted molar refractivity (Wildman–Crippen MR) is 76.4 cm³/mol. The van der Waals surface area contributed by atoms with Crippen LogP contribution in [0.3, 0.4) is 0 Å². The Kier molecular flexibility index (Phi) is 14.8. The van der Waals surface area contributed by atoms with Crippen molar-refractivity contribution in [3.8, 4) is 0 Å². The van der Waals surface area contributed by atoms with Crippen LogP contribution in [-0.2, 0) is 0 Å². The van der Waals surface area contributed by atoms with Crippen LogP contribution in [0.15, 0.2) is 0 Å². The molecule has 0 aromatic carbocycles. The van der Waals surface area contributed by atoms with Gasteiger partial charge >= 0.3 is 0 Å². The minimum atomic E-state index is -1.67. The summed E-state index contributed by atoms with van der Waals surface area (Å²) in [5, 5.41) is 104. The summed E-state index contributed by atoms with van der Waals surface area (Å²) in [4.78, 5) is 0. The normalized spacial score (nSPS) is 21.5. The maximum absolute atomic E-state index is 8.96. The fourth-order valence-electron chi connectivity index (χ4n) is 1.34. The lowest BCUT2D eigenvalue weighted by molar-refractivity contribution is -0.123. The number of aliphatic hydroxyl groups is 12. The second kappa shape index (κ2) is 13.8. The highest BCUT2D eigenvalue weighted by Crippen LogP contribution is 2.04. The van der Waals surface area contributed by atoms with E-state index in [-0.39, 0.29) is 0 Å². The van der Waals surface area contributed by atoms with Crippen molar-refractivity contribution < 1.29 is 61.3 Å². The molecular weight excluding hydrogens is 336 g/mol. The van der Waals surface area contributed by atoms with Crippen LogP contribution in [0.4, 0.5) is 0 Å². The third-order valence-electron chi connectivity index (χ3n) is 3.02. The van der Waals surface area contributed by atoms with Crippen LogP contribution < -0.4 is 0 Å². The van der Waals surface area contributed by atoms with Crippen molar-refractivity contribution >= 4 is 0 Å². The van der Waals surface area contributed by atoms with Gasteiger partial charge in [0.1, 0.15) is 48.8 Å². The van der Waals surface area contributed by atoms with E-state index in [1.165, 1.54) is 0 Å². The zero-order chi connectivity index (χ0) is 19.4. The molecule has 0 aliphatic carbocycles. The van der Waals surface area contributed by atoms with Gasteiger partial charge in [0.15, 0.2) is 0 Å². The van der Waals surface area contributed by atoms with Gasteiger partial charge in [0.2, 0.25) is 0 Å². The van der Waals surface area contributed by atoms with E-state index >= 15 is 0 Å². The molecule has 0 radical (unpaired) electrons. The smallest absolute Gasteiger partial charge is 0.111 e. The predicted octanol–water partition coefficient (Wildman–Crippen LogP) is -7.17. The Labute approximate surface area is 137 Å². The number of hydrogen-bond donors (Lipinski definition) is 12. The fraction of sp³-hybridized carbons (Fsp3) is 1.00. The first-order chi connectivity index (χ1) is 11.1. The van der Waals surface area contributed by atoms with Gasteiger partial charge < -0.3 is 61.3 Å². The van der Waals surface area contributed by atoms with E-state index in [2.05, 4.69) is 0 Å². The number of rotatable bonds is 10. The van der Waals surface area contributed by atoms with Gasteiger partial charge in [-0.2, -0.15) is 0 Å². The minimum absolute atomic E-state index is 0.726. The molecule has 0 aromatic heterocycles. The highest BCUT2D eigenvalue weighted by Gasteiger charge is 2.30. The van der Waals surface area contributed by atoms with Gasteiger partial charge in [-0.05, 0) is 0 Å². The van der Waals surface area contributed by atoms with Gasteiger partial charge in [0, 0.05) is 0 Å². The van der Waals surface area contributed by atoms with Crippen molar-refractivity contribution in [3.05, 3.63) is 0 Å². The largest absolute Gasteiger partial charge is 0.394 e. The van der Waals surface area contributed by atoms with Crippen LogP contribution in [0.5, 0.6) is 0 Å². The zero-order valence-electron chi connectivity index (χ0n) is 12.8. The fourth-order valence-corrected chi connectivity index (χ4v) is 1.34. The molecule has 148 valence electrons. The monoisotopic (exact) mass is 364 g/mol. The third-order valence-corrected chi connectivity index (χ3v) is 3.02. The average Bonchev–Trinajstić information content (AvgIpc) is 2.62.